The van der Waals surface area contributed by atoms with Crippen molar-refractivity contribution in [2.45, 2.75) is 31.3 Å². The highest BCUT2D eigenvalue weighted by atomic mass is 16.6. The molecule has 0 aromatic heterocycles. The molecule has 0 spiro atoms. The van der Waals surface area contributed by atoms with Gasteiger partial charge in [0, 0.05) is 18.2 Å². The van der Waals surface area contributed by atoms with E-state index >= 15 is 0 Å². The van der Waals surface area contributed by atoms with E-state index in [0.29, 0.717) is 12.5 Å². The van der Waals surface area contributed by atoms with Gasteiger partial charge in [-0.2, -0.15) is 0 Å². The van der Waals surface area contributed by atoms with E-state index in [2.05, 4.69) is 5.32 Å². The zero-order valence-corrected chi connectivity index (χ0v) is 9.70. The first kappa shape index (κ1) is 12.5. The highest BCUT2D eigenvalue weighted by Gasteiger charge is 2.28. The molecule has 0 bridgehead atoms. The van der Waals surface area contributed by atoms with E-state index in [9.17, 15) is 14.9 Å². The third-order valence-corrected chi connectivity index (χ3v) is 2.90. The van der Waals surface area contributed by atoms with Crippen LogP contribution in [0.4, 0.5) is 5.69 Å². The third-order valence-electron chi connectivity index (χ3n) is 2.90. The predicted molar refractivity (Wildman–Crippen MR) is 64.4 cm³/mol. The largest absolute Gasteiger partial charge is 0.480 e. The van der Waals surface area contributed by atoms with Crippen LogP contribution in [0, 0.1) is 10.1 Å². The van der Waals surface area contributed by atoms with E-state index in [4.69, 9.17) is 5.11 Å². The molecule has 1 aromatic rings. The molecule has 6 heteroatoms. The maximum atomic E-state index is 11.1. The molecule has 1 aliphatic rings. The maximum Gasteiger partial charge on any atom is 0.321 e. The molecule has 1 fully saturated rings. The number of carboxylic acid groups (broad SMARTS) is 1. The van der Waals surface area contributed by atoms with E-state index in [0.717, 1.165) is 18.4 Å². The molecule has 0 amide bonds. The molecule has 1 aromatic carbocycles. The Labute approximate surface area is 104 Å². The summed E-state index contributed by atoms with van der Waals surface area (Å²) in [5.74, 6) is -0.889. The number of carboxylic acids is 1. The number of aliphatic carboxylic acids is 1. The van der Waals surface area contributed by atoms with Crippen molar-refractivity contribution in [3.05, 3.63) is 39.9 Å². The van der Waals surface area contributed by atoms with Crippen LogP contribution in [-0.4, -0.2) is 28.1 Å². The summed E-state index contributed by atoms with van der Waals surface area (Å²) in [5.41, 5.74) is 0.793. The van der Waals surface area contributed by atoms with Crippen LogP contribution in [0.1, 0.15) is 18.4 Å². The number of carbonyl (C=O) groups is 1. The number of nitro benzene ring substituents is 1. The second-order valence-corrected chi connectivity index (χ2v) is 4.46. The van der Waals surface area contributed by atoms with E-state index in [1.165, 1.54) is 12.1 Å². The van der Waals surface area contributed by atoms with Crippen molar-refractivity contribution in [1.82, 2.24) is 5.32 Å². The second-order valence-electron chi connectivity index (χ2n) is 4.46. The molecule has 18 heavy (non-hydrogen) atoms. The van der Waals surface area contributed by atoms with E-state index in [1.54, 1.807) is 12.1 Å². The Balaban J connectivity index is 2.01. The Hall–Kier alpha value is -1.95. The molecule has 0 heterocycles. The van der Waals surface area contributed by atoms with E-state index in [-0.39, 0.29) is 5.69 Å². The molecule has 1 unspecified atom stereocenters. The van der Waals surface area contributed by atoms with Gasteiger partial charge in [0.2, 0.25) is 0 Å². The first-order valence-electron chi connectivity index (χ1n) is 5.78. The second kappa shape index (κ2) is 5.14. The molecule has 1 atom stereocenters. The molecule has 0 aliphatic heterocycles. The summed E-state index contributed by atoms with van der Waals surface area (Å²) >= 11 is 0. The van der Waals surface area contributed by atoms with Crippen LogP contribution in [-0.2, 0) is 11.2 Å². The number of nitro groups is 1. The summed E-state index contributed by atoms with van der Waals surface area (Å²) in [6, 6.07) is 5.67. The quantitative estimate of drug-likeness (QED) is 0.587. The van der Waals surface area contributed by atoms with Gasteiger partial charge in [-0.25, -0.2) is 0 Å². The van der Waals surface area contributed by atoms with Gasteiger partial charge in [0.05, 0.1) is 4.92 Å². The average molecular weight is 250 g/mol. The van der Waals surface area contributed by atoms with Gasteiger partial charge in [-0.3, -0.25) is 14.9 Å². The van der Waals surface area contributed by atoms with Gasteiger partial charge in [-0.1, -0.05) is 12.1 Å². The Morgan fingerprint density at radius 3 is 2.50 bits per heavy atom. The molecule has 6 nitrogen and oxygen atoms in total. The molecular weight excluding hydrogens is 236 g/mol. The number of hydrogen-bond donors (Lipinski definition) is 2. The molecule has 96 valence electrons. The molecule has 0 saturated heterocycles. The average Bonchev–Trinajstić information content (AvgIpc) is 3.12. The predicted octanol–water partition coefficient (Wildman–Crippen LogP) is 1.34. The highest BCUT2D eigenvalue weighted by Crippen LogP contribution is 2.20. The topological polar surface area (TPSA) is 92.5 Å². The van der Waals surface area contributed by atoms with Crippen LogP contribution in [0.15, 0.2) is 24.3 Å². The molecular formula is C12H14N2O4. The van der Waals surface area contributed by atoms with Crippen LogP contribution in [0.5, 0.6) is 0 Å². The smallest absolute Gasteiger partial charge is 0.321 e. The molecule has 2 N–H and O–H groups in total. The van der Waals surface area contributed by atoms with Crippen LogP contribution in [0.25, 0.3) is 0 Å². The van der Waals surface area contributed by atoms with Crippen LogP contribution in [0.3, 0.4) is 0 Å². The number of nitrogens with zero attached hydrogens (tertiary/aromatic N) is 1. The summed E-state index contributed by atoms with van der Waals surface area (Å²) in [6.07, 6.45) is 2.37. The fourth-order valence-corrected chi connectivity index (χ4v) is 1.74. The SMILES string of the molecule is O=C(O)C(Cc1ccc([N+](=O)[O-])cc1)NC1CC1. The van der Waals surface area contributed by atoms with Gasteiger partial charge < -0.3 is 10.4 Å². The zero-order valence-electron chi connectivity index (χ0n) is 9.70. The fraction of sp³-hybridized carbons (Fsp3) is 0.417. The number of non-ortho nitro benzene ring substituents is 1. The van der Waals surface area contributed by atoms with Crippen molar-refractivity contribution in [2.24, 2.45) is 0 Å². The van der Waals surface area contributed by atoms with Crippen molar-refractivity contribution in [3.63, 3.8) is 0 Å². The lowest BCUT2D eigenvalue weighted by Gasteiger charge is -2.13. The Bertz CT molecular complexity index is 454. The summed E-state index contributed by atoms with van der Waals surface area (Å²) in [6.45, 7) is 0. The highest BCUT2D eigenvalue weighted by molar-refractivity contribution is 5.74. The molecule has 2 rings (SSSR count). The van der Waals surface area contributed by atoms with Gasteiger partial charge in [-0.15, -0.1) is 0 Å². The van der Waals surface area contributed by atoms with Crippen LogP contribution >= 0.6 is 0 Å². The fourth-order valence-electron chi connectivity index (χ4n) is 1.74. The summed E-state index contributed by atoms with van der Waals surface area (Å²) in [7, 11) is 0. The van der Waals surface area contributed by atoms with Crippen LogP contribution in [0.2, 0.25) is 0 Å². The van der Waals surface area contributed by atoms with Gasteiger partial charge in [0.15, 0.2) is 0 Å². The Kier molecular flexibility index (Phi) is 3.57. The zero-order chi connectivity index (χ0) is 13.1. The normalized spacial score (nSPS) is 16.2. The van der Waals surface area contributed by atoms with E-state index < -0.39 is 16.9 Å². The summed E-state index contributed by atoms with van der Waals surface area (Å²) in [5, 5.41) is 22.6. The molecule has 1 aliphatic carbocycles. The molecule has 1 saturated carbocycles. The number of benzene rings is 1. The van der Waals surface area contributed by atoms with Crippen molar-refractivity contribution in [3.8, 4) is 0 Å². The van der Waals surface area contributed by atoms with Crippen molar-refractivity contribution < 1.29 is 14.8 Å². The van der Waals surface area contributed by atoms with E-state index in [1.807, 2.05) is 0 Å². The van der Waals surface area contributed by atoms with Crippen molar-refractivity contribution in [1.29, 1.82) is 0 Å². The maximum absolute atomic E-state index is 11.1. The third kappa shape index (κ3) is 3.27. The lowest BCUT2D eigenvalue weighted by atomic mass is 10.1. The van der Waals surface area contributed by atoms with Crippen molar-refractivity contribution >= 4 is 11.7 Å². The number of hydrogen-bond acceptors (Lipinski definition) is 4. The summed E-state index contributed by atoms with van der Waals surface area (Å²) < 4.78 is 0. The van der Waals surface area contributed by atoms with Gasteiger partial charge >= 0.3 is 5.97 Å². The minimum atomic E-state index is -0.889. The first-order valence-corrected chi connectivity index (χ1v) is 5.78. The van der Waals surface area contributed by atoms with Gasteiger partial charge in [0.1, 0.15) is 6.04 Å². The monoisotopic (exact) mass is 250 g/mol. The number of rotatable bonds is 6. The van der Waals surface area contributed by atoms with Gasteiger partial charge in [0.25, 0.3) is 5.69 Å². The van der Waals surface area contributed by atoms with Crippen LogP contribution < -0.4 is 5.32 Å². The summed E-state index contributed by atoms with van der Waals surface area (Å²) in [4.78, 5) is 21.1. The first-order chi connectivity index (χ1) is 8.56. The Morgan fingerprint density at radius 2 is 2.06 bits per heavy atom. The minimum absolute atomic E-state index is 0.0146. The number of nitrogens with one attached hydrogen (secondary N) is 1. The standard InChI is InChI=1S/C12H14N2O4/c15-12(16)11(13-9-3-4-9)7-8-1-5-10(6-2-8)14(17)18/h1-2,5-6,9,11,13H,3-4,7H2,(H,15,16). The minimum Gasteiger partial charge on any atom is -0.480 e. The Morgan fingerprint density at radius 1 is 1.44 bits per heavy atom. The van der Waals surface area contributed by atoms with Gasteiger partial charge in [-0.05, 0) is 24.8 Å². The van der Waals surface area contributed by atoms with Crippen molar-refractivity contribution in [2.75, 3.05) is 0 Å². The molecule has 0 radical (unpaired) electrons. The lowest BCUT2D eigenvalue weighted by molar-refractivity contribution is -0.384. The lowest BCUT2D eigenvalue weighted by Crippen LogP contribution is -2.39.